The SMILES string of the molecule is Cn1cc(S(N)(=O)=O)c2cccc(Br)c21. The van der Waals surface area contributed by atoms with Crippen molar-refractivity contribution in [1.29, 1.82) is 0 Å². The second kappa shape index (κ2) is 3.33. The van der Waals surface area contributed by atoms with Crippen LogP contribution in [0.5, 0.6) is 0 Å². The molecular weight excluding hydrogens is 280 g/mol. The van der Waals surface area contributed by atoms with E-state index in [2.05, 4.69) is 15.9 Å². The van der Waals surface area contributed by atoms with Crippen molar-refractivity contribution in [1.82, 2.24) is 4.57 Å². The van der Waals surface area contributed by atoms with Gasteiger partial charge < -0.3 is 4.57 Å². The van der Waals surface area contributed by atoms with Crippen LogP contribution in [0.25, 0.3) is 10.9 Å². The summed E-state index contributed by atoms with van der Waals surface area (Å²) in [6.45, 7) is 0. The van der Waals surface area contributed by atoms with E-state index in [9.17, 15) is 8.42 Å². The molecule has 15 heavy (non-hydrogen) atoms. The molecule has 0 saturated heterocycles. The van der Waals surface area contributed by atoms with Crippen molar-refractivity contribution in [3.05, 3.63) is 28.9 Å². The van der Waals surface area contributed by atoms with Gasteiger partial charge in [0.15, 0.2) is 0 Å². The third-order valence-electron chi connectivity index (χ3n) is 2.22. The van der Waals surface area contributed by atoms with Gasteiger partial charge in [0, 0.05) is 23.1 Å². The van der Waals surface area contributed by atoms with Crippen molar-refractivity contribution in [3.63, 3.8) is 0 Å². The number of nitrogens with two attached hydrogens (primary N) is 1. The zero-order valence-corrected chi connectivity index (χ0v) is 10.3. The molecule has 0 radical (unpaired) electrons. The van der Waals surface area contributed by atoms with E-state index in [-0.39, 0.29) is 4.90 Å². The second-order valence-electron chi connectivity index (χ2n) is 3.29. The van der Waals surface area contributed by atoms with Crippen molar-refractivity contribution < 1.29 is 8.42 Å². The molecular formula is C9H9BrN2O2S. The summed E-state index contributed by atoms with van der Waals surface area (Å²) >= 11 is 3.37. The summed E-state index contributed by atoms with van der Waals surface area (Å²) < 4.78 is 25.2. The van der Waals surface area contributed by atoms with E-state index in [1.807, 2.05) is 6.07 Å². The van der Waals surface area contributed by atoms with Crippen LogP contribution in [0.2, 0.25) is 0 Å². The van der Waals surface area contributed by atoms with Crippen LogP contribution in [0.15, 0.2) is 33.8 Å². The lowest BCUT2D eigenvalue weighted by Gasteiger charge is -1.98. The first-order chi connectivity index (χ1) is 6.91. The fourth-order valence-corrected chi connectivity index (χ4v) is 3.03. The molecule has 0 aliphatic carbocycles. The van der Waals surface area contributed by atoms with Crippen LogP contribution in [0.1, 0.15) is 0 Å². The molecule has 0 aliphatic heterocycles. The molecule has 0 atom stereocenters. The average Bonchev–Trinajstić information content (AvgIpc) is 2.44. The molecule has 0 saturated carbocycles. The van der Waals surface area contributed by atoms with E-state index in [0.29, 0.717) is 5.39 Å². The average molecular weight is 289 g/mol. The van der Waals surface area contributed by atoms with Crippen molar-refractivity contribution >= 4 is 36.9 Å². The molecule has 6 heteroatoms. The highest BCUT2D eigenvalue weighted by Crippen LogP contribution is 2.29. The summed E-state index contributed by atoms with van der Waals surface area (Å²) in [5.74, 6) is 0. The van der Waals surface area contributed by atoms with Crippen LogP contribution in [0, 0.1) is 0 Å². The second-order valence-corrected chi connectivity index (χ2v) is 5.67. The van der Waals surface area contributed by atoms with Crippen LogP contribution in [-0.2, 0) is 17.1 Å². The molecule has 80 valence electrons. The Kier molecular flexibility index (Phi) is 2.37. The smallest absolute Gasteiger partial charge is 0.240 e. The summed E-state index contributed by atoms with van der Waals surface area (Å²) in [5.41, 5.74) is 0.821. The van der Waals surface area contributed by atoms with Gasteiger partial charge in [0.05, 0.1) is 5.52 Å². The molecule has 2 rings (SSSR count). The van der Waals surface area contributed by atoms with Gasteiger partial charge in [-0.2, -0.15) is 0 Å². The third-order valence-corrected chi connectivity index (χ3v) is 3.80. The zero-order valence-electron chi connectivity index (χ0n) is 7.94. The summed E-state index contributed by atoms with van der Waals surface area (Å²) in [6.07, 6.45) is 1.52. The Labute approximate surface area is 95.9 Å². The van der Waals surface area contributed by atoms with Crippen molar-refractivity contribution in [2.75, 3.05) is 0 Å². The number of rotatable bonds is 1. The number of primary sulfonamides is 1. The van der Waals surface area contributed by atoms with E-state index in [0.717, 1.165) is 9.99 Å². The summed E-state index contributed by atoms with van der Waals surface area (Å²) in [7, 11) is -1.89. The summed E-state index contributed by atoms with van der Waals surface area (Å²) in [5, 5.41) is 5.76. The minimum atomic E-state index is -3.67. The topological polar surface area (TPSA) is 65.1 Å². The minimum absolute atomic E-state index is 0.154. The number of halogens is 1. The molecule has 0 aliphatic rings. The number of para-hydroxylation sites is 1. The Morgan fingerprint density at radius 3 is 2.67 bits per heavy atom. The van der Waals surface area contributed by atoms with Crippen molar-refractivity contribution in [2.45, 2.75) is 4.90 Å². The number of aromatic nitrogens is 1. The van der Waals surface area contributed by atoms with Gasteiger partial charge >= 0.3 is 0 Å². The number of benzene rings is 1. The Bertz CT molecular complexity index is 631. The molecule has 0 fully saturated rings. The zero-order chi connectivity index (χ0) is 11.2. The molecule has 2 aromatic rings. The first-order valence-electron chi connectivity index (χ1n) is 4.17. The van der Waals surface area contributed by atoms with Gasteiger partial charge in [0.2, 0.25) is 10.0 Å². The molecule has 4 nitrogen and oxygen atoms in total. The lowest BCUT2D eigenvalue weighted by molar-refractivity contribution is 0.598. The van der Waals surface area contributed by atoms with E-state index in [1.165, 1.54) is 6.20 Å². The van der Waals surface area contributed by atoms with Gasteiger partial charge in [-0.3, -0.25) is 0 Å². The predicted molar refractivity (Wildman–Crippen MR) is 62.0 cm³/mol. The number of sulfonamides is 1. The number of hydrogen-bond donors (Lipinski definition) is 1. The van der Waals surface area contributed by atoms with Crippen LogP contribution in [0.4, 0.5) is 0 Å². The largest absolute Gasteiger partial charge is 0.348 e. The van der Waals surface area contributed by atoms with E-state index in [4.69, 9.17) is 5.14 Å². The maximum absolute atomic E-state index is 11.3. The monoisotopic (exact) mass is 288 g/mol. The van der Waals surface area contributed by atoms with Gasteiger partial charge in [0.1, 0.15) is 4.90 Å². The van der Waals surface area contributed by atoms with E-state index >= 15 is 0 Å². The maximum Gasteiger partial charge on any atom is 0.240 e. The fraction of sp³-hybridized carbons (Fsp3) is 0.111. The van der Waals surface area contributed by atoms with Crippen LogP contribution >= 0.6 is 15.9 Å². The number of hydrogen-bond acceptors (Lipinski definition) is 2. The molecule has 1 aromatic heterocycles. The predicted octanol–water partition coefficient (Wildman–Crippen LogP) is 1.59. The molecule has 2 N–H and O–H groups in total. The standard InChI is InChI=1S/C9H9BrN2O2S/c1-12-5-8(15(11,13)14)6-3-2-4-7(10)9(6)12/h2-5H,1H3,(H2,11,13,14). The molecule has 0 amide bonds. The van der Waals surface area contributed by atoms with Gasteiger partial charge in [-0.25, -0.2) is 13.6 Å². The number of nitrogens with zero attached hydrogens (tertiary/aromatic N) is 1. The lowest BCUT2D eigenvalue weighted by atomic mass is 10.2. The molecule has 0 spiro atoms. The maximum atomic E-state index is 11.3. The number of fused-ring (bicyclic) bond motifs is 1. The number of aryl methyl sites for hydroxylation is 1. The molecule has 0 unspecified atom stereocenters. The van der Waals surface area contributed by atoms with Gasteiger partial charge in [-0.05, 0) is 22.0 Å². The highest BCUT2D eigenvalue weighted by Gasteiger charge is 2.16. The van der Waals surface area contributed by atoms with Gasteiger partial charge in [0.25, 0.3) is 0 Å². The molecule has 0 bridgehead atoms. The Balaban J connectivity index is 2.98. The van der Waals surface area contributed by atoms with Crippen LogP contribution in [0.3, 0.4) is 0 Å². The Hall–Kier alpha value is -0.850. The normalized spacial score (nSPS) is 12.2. The van der Waals surface area contributed by atoms with E-state index in [1.54, 1.807) is 23.7 Å². The quantitative estimate of drug-likeness (QED) is 0.866. The summed E-state index contributed by atoms with van der Waals surface area (Å²) in [6, 6.07) is 5.37. The fourth-order valence-electron chi connectivity index (χ4n) is 1.61. The third kappa shape index (κ3) is 1.68. The van der Waals surface area contributed by atoms with Crippen molar-refractivity contribution in [2.24, 2.45) is 12.2 Å². The minimum Gasteiger partial charge on any atom is -0.348 e. The Morgan fingerprint density at radius 1 is 1.40 bits per heavy atom. The Morgan fingerprint density at radius 2 is 2.07 bits per heavy atom. The van der Waals surface area contributed by atoms with Crippen molar-refractivity contribution in [3.8, 4) is 0 Å². The first-order valence-corrected chi connectivity index (χ1v) is 6.51. The lowest BCUT2D eigenvalue weighted by Crippen LogP contribution is -2.11. The molecule has 1 aromatic carbocycles. The van der Waals surface area contributed by atoms with Crippen LogP contribution < -0.4 is 5.14 Å². The highest BCUT2D eigenvalue weighted by atomic mass is 79.9. The van der Waals surface area contributed by atoms with Gasteiger partial charge in [-0.1, -0.05) is 12.1 Å². The summed E-state index contributed by atoms with van der Waals surface area (Å²) in [4.78, 5) is 0.154. The molecule has 1 heterocycles. The highest BCUT2D eigenvalue weighted by molar-refractivity contribution is 9.10. The van der Waals surface area contributed by atoms with E-state index < -0.39 is 10.0 Å². The first kappa shape index (κ1) is 10.7. The van der Waals surface area contributed by atoms with Crippen LogP contribution in [-0.4, -0.2) is 13.0 Å². The van der Waals surface area contributed by atoms with Gasteiger partial charge in [-0.15, -0.1) is 0 Å².